The second kappa shape index (κ2) is 9.44. The van der Waals surface area contributed by atoms with Crippen molar-refractivity contribution < 1.29 is 14.3 Å². The lowest BCUT2D eigenvalue weighted by Crippen LogP contribution is -2.47. The minimum atomic E-state index is -0.291. The highest BCUT2D eigenvalue weighted by molar-refractivity contribution is 5.95. The van der Waals surface area contributed by atoms with E-state index in [0.717, 1.165) is 24.2 Å². The average molecular weight is 448 g/mol. The smallest absolute Gasteiger partial charge is 0.254 e. The molecule has 172 valence electrons. The second-order valence-electron chi connectivity index (χ2n) is 8.59. The van der Waals surface area contributed by atoms with E-state index in [0.29, 0.717) is 41.8 Å². The number of anilines is 1. The fourth-order valence-electron chi connectivity index (χ4n) is 4.26. The number of carbonyl (C=O) groups is 1. The first-order valence-electron chi connectivity index (χ1n) is 11.0. The predicted octanol–water partition coefficient (Wildman–Crippen LogP) is 3.54. The normalized spacial score (nSPS) is 18.1. The number of pyridine rings is 1. The lowest BCUT2D eigenvalue weighted by Gasteiger charge is -2.40. The molecule has 0 saturated carbocycles. The number of piperidine rings is 1. The molecular weight excluding hydrogens is 418 g/mol. The average Bonchev–Trinajstić information content (AvgIpc) is 2.82. The van der Waals surface area contributed by atoms with Gasteiger partial charge in [0.05, 0.1) is 18.5 Å². The number of aryl methyl sites for hydroxylation is 1. The minimum Gasteiger partial charge on any atom is -0.493 e. The van der Waals surface area contributed by atoms with Gasteiger partial charge in [0.15, 0.2) is 11.5 Å². The highest BCUT2D eigenvalue weighted by Gasteiger charge is 2.36. The van der Waals surface area contributed by atoms with Gasteiger partial charge in [0, 0.05) is 36.3 Å². The number of aromatic nitrogens is 3. The van der Waals surface area contributed by atoms with E-state index in [1.54, 1.807) is 31.5 Å². The van der Waals surface area contributed by atoms with Gasteiger partial charge >= 0.3 is 0 Å². The van der Waals surface area contributed by atoms with Gasteiger partial charge in [0.1, 0.15) is 18.2 Å². The summed E-state index contributed by atoms with van der Waals surface area (Å²) in [5, 5.41) is 0. The van der Waals surface area contributed by atoms with Crippen molar-refractivity contribution in [3.8, 4) is 11.5 Å². The van der Waals surface area contributed by atoms with Crippen molar-refractivity contribution >= 4 is 11.7 Å². The third kappa shape index (κ3) is 5.05. The summed E-state index contributed by atoms with van der Waals surface area (Å²) in [5.74, 6) is 2.11. The van der Waals surface area contributed by atoms with Crippen LogP contribution in [-0.2, 0) is 12.0 Å². The van der Waals surface area contributed by atoms with Crippen molar-refractivity contribution in [2.75, 3.05) is 25.9 Å². The molecule has 0 radical (unpaired) electrons. The first-order chi connectivity index (χ1) is 15.9. The van der Waals surface area contributed by atoms with Crippen molar-refractivity contribution in [3.63, 3.8) is 0 Å². The lowest BCUT2D eigenvalue weighted by molar-refractivity contribution is 0.0647. The number of ether oxygens (including phenoxy) is 2. The Morgan fingerprint density at radius 3 is 2.76 bits per heavy atom. The Morgan fingerprint density at radius 1 is 1.18 bits per heavy atom. The zero-order chi connectivity index (χ0) is 23.4. The van der Waals surface area contributed by atoms with Gasteiger partial charge in [-0.15, -0.1) is 0 Å². The first kappa shape index (κ1) is 22.5. The van der Waals surface area contributed by atoms with Crippen molar-refractivity contribution in [2.45, 2.75) is 38.7 Å². The molecule has 0 aliphatic carbocycles. The summed E-state index contributed by atoms with van der Waals surface area (Å²) in [7, 11) is 1.58. The predicted molar refractivity (Wildman–Crippen MR) is 125 cm³/mol. The molecule has 1 fully saturated rings. The molecule has 1 saturated heterocycles. The topological polar surface area (TPSA) is 103 Å². The number of nitrogens with zero attached hydrogens (tertiary/aromatic N) is 4. The van der Waals surface area contributed by atoms with Crippen LogP contribution in [0.15, 0.2) is 48.7 Å². The quantitative estimate of drug-likeness (QED) is 0.616. The Balaban J connectivity index is 1.54. The molecule has 0 bridgehead atoms. The number of nitrogens with two attached hydrogens (primary N) is 1. The fraction of sp³-hybridized carbons (Fsp3) is 0.360. The standard InChI is InChI=1S/C25H29N5O3/c1-17-28-22(14-23(26)29-17)25(2)10-6-12-30(16-25)24(31)18-8-9-20(32-3)21(13-18)33-15-19-7-4-5-11-27-19/h4-5,7-9,11,13-14H,6,10,12,15-16H2,1-3H3,(H2,26,28,29). The summed E-state index contributed by atoms with van der Waals surface area (Å²) in [4.78, 5) is 28.4. The molecule has 8 nitrogen and oxygen atoms in total. The van der Waals surface area contributed by atoms with E-state index in [4.69, 9.17) is 15.2 Å². The third-order valence-electron chi connectivity index (χ3n) is 5.97. The van der Waals surface area contributed by atoms with Gasteiger partial charge in [-0.05, 0) is 50.1 Å². The van der Waals surface area contributed by atoms with E-state index in [9.17, 15) is 4.79 Å². The van der Waals surface area contributed by atoms with Crippen LogP contribution in [-0.4, -0.2) is 46.0 Å². The molecule has 8 heteroatoms. The molecule has 1 aliphatic rings. The van der Waals surface area contributed by atoms with Gasteiger partial charge in [-0.3, -0.25) is 9.78 Å². The summed E-state index contributed by atoms with van der Waals surface area (Å²) in [5.41, 5.74) is 7.89. The van der Waals surface area contributed by atoms with Crippen LogP contribution in [0.25, 0.3) is 0 Å². The van der Waals surface area contributed by atoms with Gasteiger partial charge in [0.2, 0.25) is 0 Å². The van der Waals surface area contributed by atoms with Gasteiger partial charge < -0.3 is 20.1 Å². The molecule has 0 spiro atoms. The Morgan fingerprint density at radius 2 is 2.03 bits per heavy atom. The second-order valence-corrected chi connectivity index (χ2v) is 8.59. The maximum Gasteiger partial charge on any atom is 0.254 e. The molecule has 1 aliphatic heterocycles. The fourth-order valence-corrected chi connectivity index (χ4v) is 4.26. The van der Waals surface area contributed by atoms with Crippen LogP contribution in [0.1, 0.15) is 47.3 Å². The number of hydrogen-bond donors (Lipinski definition) is 1. The number of nitrogen functional groups attached to an aromatic ring is 1. The molecule has 3 heterocycles. The number of methoxy groups -OCH3 is 1. The van der Waals surface area contributed by atoms with Gasteiger partial charge in [-0.2, -0.15) is 0 Å². The highest BCUT2D eigenvalue weighted by Crippen LogP contribution is 2.35. The Bertz CT molecular complexity index is 1120. The maximum absolute atomic E-state index is 13.4. The van der Waals surface area contributed by atoms with Crippen LogP contribution in [0.4, 0.5) is 5.82 Å². The largest absolute Gasteiger partial charge is 0.493 e. The Hall–Kier alpha value is -3.68. The number of likely N-dealkylation sites (tertiary alicyclic amines) is 1. The molecule has 3 aromatic rings. The van der Waals surface area contributed by atoms with Crippen molar-refractivity contribution in [1.82, 2.24) is 19.9 Å². The number of hydrogen-bond acceptors (Lipinski definition) is 7. The van der Waals surface area contributed by atoms with Crippen LogP contribution in [0.3, 0.4) is 0 Å². The van der Waals surface area contributed by atoms with Crippen LogP contribution in [0, 0.1) is 6.92 Å². The molecule has 1 aromatic carbocycles. The molecule has 33 heavy (non-hydrogen) atoms. The van der Waals surface area contributed by atoms with Crippen LogP contribution >= 0.6 is 0 Å². The van der Waals surface area contributed by atoms with Crippen LogP contribution in [0.5, 0.6) is 11.5 Å². The van der Waals surface area contributed by atoms with E-state index in [1.165, 1.54) is 0 Å². The number of carbonyl (C=O) groups excluding carboxylic acids is 1. The van der Waals surface area contributed by atoms with Crippen molar-refractivity contribution in [1.29, 1.82) is 0 Å². The molecule has 4 rings (SSSR count). The zero-order valence-corrected chi connectivity index (χ0v) is 19.2. The first-order valence-corrected chi connectivity index (χ1v) is 11.0. The summed E-state index contributed by atoms with van der Waals surface area (Å²) in [6, 6.07) is 12.7. The lowest BCUT2D eigenvalue weighted by atomic mass is 9.78. The van der Waals surface area contributed by atoms with Crippen molar-refractivity contribution in [3.05, 3.63) is 71.4 Å². The third-order valence-corrected chi connectivity index (χ3v) is 5.97. The van der Waals surface area contributed by atoms with E-state index >= 15 is 0 Å². The molecule has 2 aromatic heterocycles. The van der Waals surface area contributed by atoms with Gasteiger partial charge in [0.25, 0.3) is 5.91 Å². The minimum absolute atomic E-state index is 0.0509. The maximum atomic E-state index is 13.4. The summed E-state index contributed by atoms with van der Waals surface area (Å²) < 4.78 is 11.4. The molecule has 1 atom stereocenters. The molecule has 2 N–H and O–H groups in total. The number of benzene rings is 1. The van der Waals surface area contributed by atoms with Gasteiger partial charge in [-0.25, -0.2) is 9.97 Å². The van der Waals surface area contributed by atoms with E-state index in [-0.39, 0.29) is 17.9 Å². The van der Waals surface area contributed by atoms with E-state index < -0.39 is 0 Å². The van der Waals surface area contributed by atoms with Crippen molar-refractivity contribution in [2.24, 2.45) is 0 Å². The summed E-state index contributed by atoms with van der Waals surface area (Å²) in [6.45, 7) is 5.48. The van der Waals surface area contributed by atoms with E-state index in [2.05, 4.69) is 21.9 Å². The SMILES string of the molecule is COc1ccc(C(=O)N2CCCC(C)(c3cc(N)nc(C)n3)C2)cc1OCc1ccccn1. The van der Waals surface area contributed by atoms with Gasteiger partial charge in [-0.1, -0.05) is 13.0 Å². The Kier molecular flexibility index (Phi) is 6.44. The highest BCUT2D eigenvalue weighted by atomic mass is 16.5. The summed E-state index contributed by atoms with van der Waals surface area (Å²) in [6.07, 6.45) is 3.52. The Labute approximate surface area is 193 Å². The summed E-state index contributed by atoms with van der Waals surface area (Å²) >= 11 is 0. The monoisotopic (exact) mass is 447 g/mol. The van der Waals surface area contributed by atoms with Crippen LogP contribution < -0.4 is 15.2 Å². The molecule has 1 unspecified atom stereocenters. The number of amides is 1. The molecular formula is C25H29N5O3. The number of rotatable bonds is 6. The van der Waals surface area contributed by atoms with E-state index in [1.807, 2.05) is 36.1 Å². The van der Waals surface area contributed by atoms with Crippen LogP contribution in [0.2, 0.25) is 0 Å². The molecule has 1 amide bonds. The zero-order valence-electron chi connectivity index (χ0n) is 19.2.